The van der Waals surface area contributed by atoms with Crippen molar-refractivity contribution in [1.29, 1.82) is 0 Å². The SMILES string of the molecule is O=C(c1ccc2cc[nH]c2c1)N1CCC(CF)C1. The Morgan fingerprint density at radius 1 is 1.44 bits per heavy atom. The summed E-state index contributed by atoms with van der Waals surface area (Å²) in [6.45, 7) is 0.869. The minimum Gasteiger partial charge on any atom is -0.361 e. The van der Waals surface area contributed by atoms with Gasteiger partial charge in [0.2, 0.25) is 0 Å². The summed E-state index contributed by atoms with van der Waals surface area (Å²) in [5, 5.41) is 1.09. The van der Waals surface area contributed by atoms with E-state index in [-0.39, 0.29) is 18.5 Å². The van der Waals surface area contributed by atoms with Gasteiger partial charge in [-0.15, -0.1) is 0 Å². The van der Waals surface area contributed by atoms with E-state index in [2.05, 4.69) is 4.98 Å². The molecule has 1 saturated heterocycles. The van der Waals surface area contributed by atoms with Crippen LogP contribution in [0.1, 0.15) is 16.8 Å². The molecule has 0 spiro atoms. The lowest BCUT2D eigenvalue weighted by molar-refractivity contribution is 0.0785. The number of benzene rings is 1. The Bertz CT molecular complexity index is 578. The average Bonchev–Trinajstić information content (AvgIpc) is 3.05. The number of alkyl halides is 1. The number of hydrogen-bond acceptors (Lipinski definition) is 1. The van der Waals surface area contributed by atoms with Crippen molar-refractivity contribution in [3.8, 4) is 0 Å². The molecule has 1 aromatic heterocycles. The number of fused-ring (bicyclic) bond motifs is 1. The van der Waals surface area contributed by atoms with Gasteiger partial charge in [-0.3, -0.25) is 9.18 Å². The monoisotopic (exact) mass is 246 g/mol. The molecular formula is C14H15FN2O. The molecule has 94 valence electrons. The van der Waals surface area contributed by atoms with E-state index in [0.29, 0.717) is 18.7 Å². The molecule has 1 atom stereocenters. The highest BCUT2D eigenvalue weighted by Gasteiger charge is 2.26. The second-order valence-electron chi connectivity index (χ2n) is 4.84. The van der Waals surface area contributed by atoms with Crippen molar-refractivity contribution in [3.63, 3.8) is 0 Å². The number of halogens is 1. The van der Waals surface area contributed by atoms with Gasteiger partial charge >= 0.3 is 0 Å². The van der Waals surface area contributed by atoms with E-state index < -0.39 is 0 Å². The zero-order valence-electron chi connectivity index (χ0n) is 10.0. The van der Waals surface area contributed by atoms with Crippen LogP contribution >= 0.6 is 0 Å². The van der Waals surface area contributed by atoms with Gasteiger partial charge in [-0.2, -0.15) is 0 Å². The Labute approximate surface area is 105 Å². The maximum absolute atomic E-state index is 12.6. The van der Waals surface area contributed by atoms with Crippen LogP contribution in [-0.2, 0) is 0 Å². The van der Waals surface area contributed by atoms with E-state index in [1.165, 1.54) is 0 Å². The fourth-order valence-electron chi connectivity index (χ4n) is 2.51. The van der Waals surface area contributed by atoms with Crippen LogP contribution in [0.3, 0.4) is 0 Å². The van der Waals surface area contributed by atoms with E-state index in [4.69, 9.17) is 0 Å². The lowest BCUT2D eigenvalue weighted by atomic mass is 10.1. The summed E-state index contributed by atoms with van der Waals surface area (Å²) >= 11 is 0. The highest BCUT2D eigenvalue weighted by Crippen LogP contribution is 2.21. The molecule has 0 bridgehead atoms. The third-order valence-electron chi connectivity index (χ3n) is 3.59. The van der Waals surface area contributed by atoms with Gasteiger partial charge in [0.25, 0.3) is 5.91 Å². The maximum atomic E-state index is 12.6. The Morgan fingerprint density at radius 2 is 2.33 bits per heavy atom. The number of aromatic amines is 1. The van der Waals surface area contributed by atoms with Gasteiger partial charge in [-0.1, -0.05) is 6.07 Å². The zero-order chi connectivity index (χ0) is 12.5. The van der Waals surface area contributed by atoms with Gasteiger partial charge in [-0.25, -0.2) is 0 Å². The predicted molar refractivity (Wildman–Crippen MR) is 68.3 cm³/mol. The molecule has 1 aliphatic heterocycles. The standard InChI is InChI=1S/C14H15FN2O/c15-8-10-4-6-17(9-10)14(18)12-2-1-11-3-5-16-13(11)7-12/h1-3,5,7,10,16H,4,6,8-9H2. The Hall–Kier alpha value is -1.84. The van der Waals surface area contributed by atoms with Gasteiger partial charge in [-0.05, 0) is 30.0 Å². The molecule has 1 N–H and O–H groups in total. The molecular weight excluding hydrogens is 231 g/mol. The molecule has 4 heteroatoms. The lowest BCUT2D eigenvalue weighted by Gasteiger charge is -2.16. The summed E-state index contributed by atoms with van der Waals surface area (Å²) in [6.07, 6.45) is 2.63. The largest absolute Gasteiger partial charge is 0.361 e. The second kappa shape index (κ2) is 4.44. The van der Waals surface area contributed by atoms with Crippen molar-refractivity contribution in [3.05, 3.63) is 36.0 Å². The first kappa shape index (κ1) is 11.3. The van der Waals surface area contributed by atoms with Gasteiger partial charge in [0.1, 0.15) is 0 Å². The maximum Gasteiger partial charge on any atom is 0.253 e. The summed E-state index contributed by atoms with van der Waals surface area (Å²) in [5.41, 5.74) is 1.63. The number of carbonyl (C=O) groups excluding carboxylic acids is 1. The fraction of sp³-hybridized carbons (Fsp3) is 0.357. The van der Waals surface area contributed by atoms with Crippen LogP contribution in [0.15, 0.2) is 30.5 Å². The topological polar surface area (TPSA) is 36.1 Å². The van der Waals surface area contributed by atoms with E-state index in [1.807, 2.05) is 30.5 Å². The zero-order valence-corrected chi connectivity index (χ0v) is 10.0. The minimum absolute atomic E-state index is 0.00227. The molecule has 1 unspecified atom stereocenters. The molecule has 0 aliphatic carbocycles. The van der Waals surface area contributed by atoms with E-state index in [9.17, 15) is 9.18 Å². The Morgan fingerprint density at radius 3 is 3.11 bits per heavy atom. The van der Waals surface area contributed by atoms with Gasteiger partial charge in [0.05, 0.1) is 6.67 Å². The number of amides is 1. The number of nitrogens with zero attached hydrogens (tertiary/aromatic N) is 1. The first-order valence-corrected chi connectivity index (χ1v) is 6.20. The van der Waals surface area contributed by atoms with Crippen molar-refractivity contribution in [2.75, 3.05) is 19.8 Å². The summed E-state index contributed by atoms with van der Waals surface area (Å²) < 4.78 is 12.6. The third-order valence-corrected chi connectivity index (χ3v) is 3.59. The van der Waals surface area contributed by atoms with Crippen molar-refractivity contribution in [1.82, 2.24) is 9.88 Å². The minimum atomic E-state index is -0.334. The Balaban J connectivity index is 1.83. The van der Waals surface area contributed by atoms with Crippen LogP contribution in [0, 0.1) is 5.92 Å². The number of H-pyrrole nitrogens is 1. The van der Waals surface area contributed by atoms with Crippen LogP contribution in [0.25, 0.3) is 10.9 Å². The number of hydrogen-bond donors (Lipinski definition) is 1. The summed E-state index contributed by atoms with van der Waals surface area (Å²) in [7, 11) is 0. The Kier molecular flexibility index (Phi) is 2.78. The van der Waals surface area contributed by atoms with Crippen molar-refractivity contribution in [2.45, 2.75) is 6.42 Å². The van der Waals surface area contributed by atoms with Crippen molar-refractivity contribution in [2.24, 2.45) is 5.92 Å². The van der Waals surface area contributed by atoms with Crippen LogP contribution in [-0.4, -0.2) is 35.6 Å². The van der Waals surface area contributed by atoms with Crippen LogP contribution in [0.5, 0.6) is 0 Å². The number of rotatable bonds is 2. The summed E-state index contributed by atoms with van der Waals surface area (Å²) in [5.74, 6) is 0.0191. The molecule has 1 aromatic carbocycles. The predicted octanol–water partition coefficient (Wildman–Crippen LogP) is 2.60. The lowest BCUT2D eigenvalue weighted by Crippen LogP contribution is -2.28. The first-order valence-electron chi connectivity index (χ1n) is 6.20. The fourth-order valence-corrected chi connectivity index (χ4v) is 2.51. The number of nitrogens with one attached hydrogen (secondary N) is 1. The molecule has 0 radical (unpaired) electrons. The van der Waals surface area contributed by atoms with E-state index in [1.54, 1.807) is 4.90 Å². The third kappa shape index (κ3) is 1.88. The molecule has 2 aromatic rings. The van der Waals surface area contributed by atoms with Crippen molar-refractivity contribution >= 4 is 16.8 Å². The molecule has 18 heavy (non-hydrogen) atoms. The smallest absolute Gasteiger partial charge is 0.253 e. The highest BCUT2D eigenvalue weighted by atomic mass is 19.1. The molecule has 1 amide bonds. The molecule has 1 fully saturated rings. The molecule has 2 heterocycles. The molecule has 3 nitrogen and oxygen atoms in total. The van der Waals surface area contributed by atoms with Crippen LogP contribution in [0.4, 0.5) is 4.39 Å². The second-order valence-corrected chi connectivity index (χ2v) is 4.84. The van der Waals surface area contributed by atoms with Crippen molar-refractivity contribution < 1.29 is 9.18 Å². The van der Waals surface area contributed by atoms with Crippen LogP contribution < -0.4 is 0 Å². The van der Waals surface area contributed by atoms with E-state index in [0.717, 1.165) is 17.3 Å². The summed E-state index contributed by atoms with van der Waals surface area (Å²) in [6, 6.07) is 7.60. The highest BCUT2D eigenvalue weighted by molar-refractivity contribution is 5.98. The number of likely N-dealkylation sites (tertiary alicyclic amines) is 1. The number of carbonyl (C=O) groups is 1. The van der Waals surface area contributed by atoms with Gasteiger partial charge in [0.15, 0.2) is 0 Å². The van der Waals surface area contributed by atoms with Gasteiger partial charge < -0.3 is 9.88 Å². The van der Waals surface area contributed by atoms with Crippen LogP contribution in [0.2, 0.25) is 0 Å². The average molecular weight is 246 g/mol. The molecule has 0 saturated carbocycles. The first-order chi connectivity index (χ1) is 8.78. The summed E-state index contributed by atoms with van der Waals surface area (Å²) in [4.78, 5) is 17.1. The number of aromatic nitrogens is 1. The van der Waals surface area contributed by atoms with E-state index >= 15 is 0 Å². The molecule has 1 aliphatic rings. The van der Waals surface area contributed by atoms with Gasteiger partial charge in [0, 0.05) is 36.3 Å². The quantitative estimate of drug-likeness (QED) is 0.868. The normalized spacial score (nSPS) is 19.6. The molecule has 3 rings (SSSR count).